The van der Waals surface area contributed by atoms with Crippen molar-refractivity contribution in [1.82, 2.24) is 24.6 Å². The van der Waals surface area contributed by atoms with Gasteiger partial charge in [-0.1, -0.05) is 37.3 Å². The van der Waals surface area contributed by atoms with E-state index in [-0.39, 0.29) is 28.9 Å². The molecule has 0 aliphatic heterocycles. The van der Waals surface area contributed by atoms with E-state index in [9.17, 15) is 19.5 Å². The second-order valence-corrected chi connectivity index (χ2v) is 7.32. The van der Waals surface area contributed by atoms with E-state index in [1.807, 2.05) is 37.3 Å². The molecule has 11 heteroatoms. The monoisotopic (exact) mass is 439 g/mol. The number of amides is 1. The predicted molar refractivity (Wildman–Crippen MR) is 120 cm³/mol. The molecule has 0 bridgehead atoms. The van der Waals surface area contributed by atoms with Crippen LogP contribution in [0.25, 0.3) is 0 Å². The zero-order chi connectivity index (χ0) is 23.4. The van der Waals surface area contributed by atoms with Crippen LogP contribution in [0.5, 0.6) is 5.75 Å². The quantitative estimate of drug-likeness (QED) is 0.434. The summed E-state index contributed by atoms with van der Waals surface area (Å²) in [5, 5.41) is 18.8. The standard InChI is InChI=1S/C21H25N7O4/c1-5-13(12-9-7-6-8-10-12)24-15-14(19(30)26-28(4)21(15)32)25-18-17(29)16(22-11-23-18)20(31)27(2)3/h6-11,13,24,29H,5H2,1-4H3,(H,26,30)(H,22,23,25). The van der Waals surface area contributed by atoms with Gasteiger partial charge < -0.3 is 20.6 Å². The summed E-state index contributed by atoms with van der Waals surface area (Å²) >= 11 is 0. The Kier molecular flexibility index (Phi) is 6.57. The Bertz CT molecular complexity index is 1240. The van der Waals surface area contributed by atoms with Crippen molar-refractivity contribution in [3.8, 4) is 5.75 Å². The number of aromatic hydroxyl groups is 1. The summed E-state index contributed by atoms with van der Waals surface area (Å²) in [6.45, 7) is 1.95. The number of benzene rings is 1. The number of nitrogens with one attached hydrogen (secondary N) is 3. The molecule has 32 heavy (non-hydrogen) atoms. The van der Waals surface area contributed by atoms with Crippen molar-refractivity contribution in [1.29, 1.82) is 0 Å². The van der Waals surface area contributed by atoms with Crippen LogP contribution < -0.4 is 21.8 Å². The van der Waals surface area contributed by atoms with E-state index >= 15 is 0 Å². The molecule has 4 N–H and O–H groups in total. The van der Waals surface area contributed by atoms with E-state index in [4.69, 9.17) is 0 Å². The third kappa shape index (κ3) is 4.46. The van der Waals surface area contributed by atoms with Gasteiger partial charge in [0.15, 0.2) is 17.3 Å². The molecular weight excluding hydrogens is 414 g/mol. The summed E-state index contributed by atoms with van der Waals surface area (Å²) in [4.78, 5) is 46.9. The molecule has 2 heterocycles. The first-order chi connectivity index (χ1) is 15.2. The summed E-state index contributed by atoms with van der Waals surface area (Å²) in [7, 11) is 4.45. The number of H-pyrrole nitrogens is 1. The number of rotatable bonds is 7. The molecule has 0 aliphatic carbocycles. The maximum atomic E-state index is 12.9. The Morgan fingerprint density at radius 1 is 1.19 bits per heavy atom. The second-order valence-electron chi connectivity index (χ2n) is 7.32. The fourth-order valence-electron chi connectivity index (χ4n) is 3.14. The smallest absolute Gasteiger partial charge is 0.290 e. The first-order valence-corrected chi connectivity index (χ1v) is 9.92. The summed E-state index contributed by atoms with van der Waals surface area (Å²) in [6.07, 6.45) is 1.72. The number of anilines is 3. The Morgan fingerprint density at radius 3 is 2.50 bits per heavy atom. The zero-order valence-corrected chi connectivity index (χ0v) is 18.2. The second kappa shape index (κ2) is 9.33. The Labute approximate surface area is 183 Å². The van der Waals surface area contributed by atoms with Gasteiger partial charge in [-0.2, -0.15) is 0 Å². The molecule has 1 atom stereocenters. The number of carbonyl (C=O) groups excluding carboxylic acids is 1. The largest absolute Gasteiger partial charge is 0.503 e. The van der Waals surface area contributed by atoms with E-state index in [1.54, 1.807) is 0 Å². The minimum Gasteiger partial charge on any atom is -0.503 e. The molecule has 0 fully saturated rings. The highest BCUT2D eigenvalue weighted by Gasteiger charge is 2.23. The van der Waals surface area contributed by atoms with Crippen LogP contribution in [0.15, 0.2) is 46.2 Å². The fraction of sp³-hybridized carbons (Fsp3) is 0.286. The number of aryl methyl sites for hydroxylation is 1. The van der Waals surface area contributed by atoms with Gasteiger partial charge in [0.1, 0.15) is 17.7 Å². The van der Waals surface area contributed by atoms with Crippen LogP contribution in [0.3, 0.4) is 0 Å². The lowest BCUT2D eigenvalue weighted by Crippen LogP contribution is -2.33. The first kappa shape index (κ1) is 22.5. The van der Waals surface area contributed by atoms with Gasteiger partial charge in [0.05, 0.1) is 6.04 Å². The number of aromatic amines is 1. The van der Waals surface area contributed by atoms with E-state index in [0.717, 1.165) is 16.6 Å². The molecule has 168 valence electrons. The van der Waals surface area contributed by atoms with Gasteiger partial charge >= 0.3 is 0 Å². The van der Waals surface area contributed by atoms with Gasteiger partial charge in [-0.05, 0) is 12.0 Å². The fourth-order valence-corrected chi connectivity index (χ4v) is 3.14. The van der Waals surface area contributed by atoms with E-state index in [1.165, 1.54) is 26.0 Å². The van der Waals surface area contributed by atoms with Crippen LogP contribution in [0, 0.1) is 0 Å². The number of hydrogen-bond donors (Lipinski definition) is 4. The summed E-state index contributed by atoms with van der Waals surface area (Å²) in [5.41, 5.74) is -0.536. The Hall–Kier alpha value is -4.15. The first-order valence-electron chi connectivity index (χ1n) is 9.92. The van der Waals surface area contributed by atoms with Gasteiger partial charge in [0.2, 0.25) is 0 Å². The highest BCUT2D eigenvalue weighted by molar-refractivity contribution is 5.96. The number of carbonyl (C=O) groups is 1. The normalized spacial score (nSPS) is 11.6. The molecule has 1 amide bonds. The van der Waals surface area contributed by atoms with Crippen molar-refractivity contribution < 1.29 is 9.90 Å². The Morgan fingerprint density at radius 2 is 1.88 bits per heavy atom. The molecule has 0 saturated heterocycles. The van der Waals surface area contributed by atoms with Crippen LogP contribution in [-0.4, -0.2) is 49.8 Å². The van der Waals surface area contributed by atoms with Crippen molar-refractivity contribution in [2.45, 2.75) is 19.4 Å². The molecule has 0 aliphatic rings. The van der Waals surface area contributed by atoms with Crippen molar-refractivity contribution in [2.75, 3.05) is 24.7 Å². The third-order valence-electron chi connectivity index (χ3n) is 4.87. The maximum absolute atomic E-state index is 12.9. The van der Waals surface area contributed by atoms with E-state index in [2.05, 4.69) is 25.7 Å². The van der Waals surface area contributed by atoms with Crippen LogP contribution >= 0.6 is 0 Å². The van der Waals surface area contributed by atoms with Gasteiger partial charge in [0, 0.05) is 21.1 Å². The van der Waals surface area contributed by atoms with Gasteiger partial charge in [-0.15, -0.1) is 0 Å². The lowest BCUT2D eigenvalue weighted by atomic mass is 10.0. The lowest BCUT2D eigenvalue weighted by molar-refractivity contribution is 0.0818. The van der Waals surface area contributed by atoms with Gasteiger partial charge in [-0.25, -0.2) is 9.97 Å². The molecule has 0 saturated carbocycles. The summed E-state index contributed by atoms with van der Waals surface area (Å²) in [6, 6.07) is 9.24. The molecule has 1 unspecified atom stereocenters. The molecule has 3 aromatic rings. The topological polar surface area (TPSA) is 145 Å². The molecule has 0 radical (unpaired) electrons. The summed E-state index contributed by atoms with van der Waals surface area (Å²) in [5.74, 6) is -1.26. The lowest BCUT2D eigenvalue weighted by Gasteiger charge is -2.21. The highest BCUT2D eigenvalue weighted by atomic mass is 16.3. The maximum Gasteiger partial charge on any atom is 0.290 e. The van der Waals surface area contributed by atoms with Crippen LogP contribution in [-0.2, 0) is 7.05 Å². The van der Waals surface area contributed by atoms with Crippen molar-refractivity contribution in [2.24, 2.45) is 7.05 Å². The van der Waals surface area contributed by atoms with Crippen LogP contribution in [0.2, 0.25) is 0 Å². The Balaban J connectivity index is 2.08. The zero-order valence-electron chi connectivity index (χ0n) is 18.2. The van der Waals surface area contributed by atoms with E-state index in [0.29, 0.717) is 6.42 Å². The van der Waals surface area contributed by atoms with Gasteiger partial charge in [0.25, 0.3) is 17.0 Å². The predicted octanol–water partition coefficient (Wildman–Crippen LogP) is 1.58. The number of aromatic nitrogens is 4. The molecule has 3 rings (SSSR count). The van der Waals surface area contributed by atoms with Gasteiger partial charge in [-0.3, -0.25) is 24.2 Å². The summed E-state index contributed by atoms with van der Waals surface area (Å²) < 4.78 is 1.06. The molecule has 2 aromatic heterocycles. The average Bonchev–Trinajstić information content (AvgIpc) is 2.78. The molecular formula is C21H25N7O4. The van der Waals surface area contributed by atoms with Crippen LogP contribution in [0.4, 0.5) is 17.2 Å². The minimum atomic E-state index is -0.615. The van der Waals surface area contributed by atoms with Crippen molar-refractivity contribution in [3.05, 3.63) is 68.6 Å². The molecule has 11 nitrogen and oxygen atoms in total. The van der Waals surface area contributed by atoms with Crippen LogP contribution in [0.1, 0.15) is 35.4 Å². The minimum absolute atomic E-state index is 0.00505. The average molecular weight is 439 g/mol. The van der Waals surface area contributed by atoms with E-state index < -0.39 is 22.8 Å². The SMILES string of the molecule is CCC(Nc1c(Nc2ncnc(C(=O)N(C)C)c2O)c(=O)[nH]n(C)c1=O)c1ccccc1. The number of nitrogens with zero attached hydrogens (tertiary/aromatic N) is 4. The highest BCUT2D eigenvalue weighted by Crippen LogP contribution is 2.29. The molecule has 0 spiro atoms. The third-order valence-corrected chi connectivity index (χ3v) is 4.87. The van der Waals surface area contributed by atoms with Crippen molar-refractivity contribution in [3.63, 3.8) is 0 Å². The van der Waals surface area contributed by atoms with Crippen molar-refractivity contribution >= 4 is 23.1 Å². The molecule has 1 aromatic carbocycles. The number of hydrogen-bond acceptors (Lipinski definition) is 8.